The van der Waals surface area contributed by atoms with Gasteiger partial charge in [0, 0.05) is 11.8 Å². The second-order valence-corrected chi connectivity index (χ2v) is 7.18. The highest BCUT2D eigenvalue weighted by molar-refractivity contribution is 7.85. The second kappa shape index (κ2) is 6.85. The van der Waals surface area contributed by atoms with Gasteiger partial charge in [-0.1, -0.05) is 0 Å². The molecule has 0 radical (unpaired) electrons. The number of hydrogen-bond acceptors (Lipinski definition) is 6. The normalized spacial score (nSPS) is 11.7. The number of pyridine rings is 1. The van der Waals surface area contributed by atoms with Crippen LogP contribution in [0, 0.1) is 5.82 Å². The molecule has 0 atom stereocenters. The predicted molar refractivity (Wildman–Crippen MR) is 91.6 cm³/mol. The number of halogens is 1. The maximum absolute atomic E-state index is 13.2. The summed E-state index contributed by atoms with van der Waals surface area (Å²) in [6.45, 7) is -0.151. The predicted octanol–water partition coefficient (Wildman–Crippen LogP) is 2.40. The molecule has 0 unspecified atom stereocenters. The van der Waals surface area contributed by atoms with Crippen LogP contribution in [0.2, 0.25) is 0 Å². The Morgan fingerprint density at radius 1 is 1.23 bits per heavy atom. The number of fused-ring (bicyclic) bond motifs is 1. The molecule has 0 aliphatic rings. The van der Waals surface area contributed by atoms with Gasteiger partial charge in [0.25, 0.3) is 10.1 Å². The van der Waals surface area contributed by atoms with Crippen molar-refractivity contribution in [2.75, 3.05) is 13.4 Å². The van der Waals surface area contributed by atoms with Crippen LogP contribution in [0.3, 0.4) is 0 Å². The van der Waals surface area contributed by atoms with Gasteiger partial charge in [-0.25, -0.2) is 14.2 Å². The molecule has 0 fully saturated rings. The van der Waals surface area contributed by atoms with E-state index in [1.807, 2.05) is 0 Å². The number of benzene rings is 1. The van der Waals surface area contributed by atoms with Gasteiger partial charge in [-0.2, -0.15) is 8.42 Å². The summed E-state index contributed by atoms with van der Waals surface area (Å²) >= 11 is 0. The Hall–Kier alpha value is -2.78. The van der Waals surface area contributed by atoms with Gasteiger partial charge in [0.15, 0.2) is 5.69 Å². The van der Waals surface area contributed by atoms with Crippen LogP contribution in [0.5, 0.6) is 0 Å². The number of carbonyl (C=O) groups is 1. The maximum atomic E-state index is 13.2. The number of methoxy groups -OCH3 is 1. The van der Waals surface area contributed by atoms with Gasteiger partial charge in [-0.05, 0) is 42.0 Å². The number of aromatic nitrogens is 2. The highest BCUT2D eigenvalue weighted by Gasteiger charge is 2.21. The SMILES string of the molecule is COC(=O)c1c(-c2ccc(F)cc2)nc2cc(COS(C)(=O)=O)ccn12. The zero-order chi connectivity index (χ0) is 18.9. The van der Waals surface area contributed by atoms with E-state index >= 15 is 0 Å². The minimum atomic E-state index is -3.58. The number of hydrogen-bond donors (Lipinski definition) is 0. The van der Waals surface area contributed by atoms with Crippen LogP contribution < -0.4 is 0 Å². The zero-order valence-corrected chi connectivity index (χ0v) is 14.8. The van der Waals surface area contributed by atoms with E-state index in [1.165, 1.54) is 35.8 Å². The molecule has 0 saturated heterocycles. The monoisotopic (exact) mass is 378 g/mol. The Bertz CT molecular complexity index is 1070. The van der Waals surface area contributed by atoms with Crippen molar-refractivity contribution in [3.05, 3.63) is 59.7 Å². The van der Waals surface area contributed by atoms with E-state index in [4.69, 9.17) is 8.92 Å². The van der Waals surface area contributed by atoms with Crippen LogP contribution in [-0.4, -0.2) is 37.1 Å². The van der Waals surface area contributed by atoms with E-state index in [-0.39, 0.29) is 12.3 Å². The molecule has 2 heterocycles. The summed E-state index contributed by atoms with van der Waals surface area (Å²) in [5, 5.41) is 0. The first-order valence-electron chi connectivity index (χ1n) is 7.48. The quantitative estimate of drug-likeness (QED) is 0.501. The molecule has 0 amide bonds. The van der Waals surface area contributed by atoms with Crippen molar-refractivity contribution in [1.82, 2.24) is 9.38 Å². The first kappa shape index (κ1) is 18.0. The molecule has 0 spiro atoms. The summed E-state index contributed by atoms with van der Waals surface area (Å²) in [5.41, 5.74) is 2.03. The lowest BCUT2D eigenvalue weighted by Gasteiger charge is -2.05. The molecule has 26 heavy (non-hydrogen) atoms. The zero-order valence-electron chi connectivity index (χ0n) is 14.0. The lowest BCUT2D eigenvalue weighted by molar-refractivity contribution is 0.0594. The number of ether oxygens (including phenoxy) is 1. The summed E-state index contributed by atoms with van der Waals surface area (Å²) in [7, 11) is -2.33. The van der Waals surface area contributed by atoms with Gasteiger partial charge in [0.1, 0.15) is 17.2 Å². The summed E-state index contributed by atoms with van der Waals surface area (Å²) in [6, 6.07) is 8.78. The van der Waals surface area contributed by atoms with Gasteiger partial charge in [0.05, 0.1) is 20.0 Å². The molecule has 0 saturated carbocycles. The maximum Gasteiger partial charge on any atom is 0.357 e. The summed E-state index contributed by atoms with van der Waals surface area (Å²) in [6.07, 6.45) is 2.53. The third-order valence-corrected chi connectivity index (χ3v) is 4.17. The average Bonchev–Trinajstić information content (AvgIpc) is 2.98. The third kappa shape index (κ3) is 3.73. The van der Waals surface area contributed by atoms with E-state index < -0.39 is 21.9 Å². The van der Waals surface area contributed by atoms with Crippen molar-refractivity contribution in [1.29, 1.82) is 0 Å². The van der Waals surface area contributed by atoms with Crippen LogP contribution in [0.1, 0.15) is 16.1 Å². The van der Waals surface area contributed by atoms with Crippen molar-refractivity contribution >= 4 is 21.7 Å². The molecule has 9 heteroatoms. The molecule has 0 bridgehead atoms. The molecule has 0 aliphatic heterocycles. The van der Waals surface area contributed by atoms with Gasteiger partial charge >= 0.3 is 5.97 Å². The fraction of sp³-hybridized carbons (Fsp3) is 0.176. The minimum absolute atomic E-state index is 0.151. The van der Waals surface area contributed by atoms with Gasteiger partial charge in [-0.15, -0.1) is 0 Å². The van der Waals surface area contributed by atoms with Gasteiger partial charge in [-0.3, -0.25) is 8.58 Å². The number of imidazole rings is 1. The molecule has 136 valence electrons. The first-order valence-corrected chi connectivity index (χ1v) is 9.30. The fourth-order valence-electron chi connectivity index (χ4n) is 2.45. The van der Waals surface area contributed by atoms with Crippen LogP contribution in [-0.2, 0) is 25.6 Å². The largest absolute Gasteiger partial charge is 0.464 e. The Morgan fingerprint density at radius 3 is 2.54 bits per heavy atom. The molecular formula is C17H15FN2O5S. The highest BCUT2D eigenvalue weighted by atomic mass is 32.2. The van der Waals surface area contributed by atoms with E-state index in [0.717, 1.165) is 6.26 Å². The smallest absolute Gasteiger partial charge is 0.357 e. The minimum Gasteiger partial charge on any atom is -0.464 e. The van der Waals surface area contributed by atoms with Crippen LogP contribution in [0.4, 0.5) is 4.39 Å². The van der Waals surface area contributed by atoms with Crippen molar-refractivity contribution in [3.8, 4) is 11.3 Å². The standard InChI is InChI=1S/C17H15FN2O5S/c1-24-17(21)16-15(12-3-5-13(18)6-4-12)19-14-9-11(7-8-20(14)16)10-25-26(2,22)23/h3-9H,10H2,1-2H3. The summed E-state index contributed by atoms with van der Waals surface area (Å²) in [4.78, 5) is 16.7. The fourth-order valence-corrected chi connectivity index (χ4v) is 2.80. The van der Waals surface area contributed by atoms with Crippen LogP contribution in [0.15, 0.2) is 42.6 Å². The average molecular weight is 378 g/mol. The lowest BCUT2D eigenvalue weighted by atomic mass is 10.1. The Labute approximate surface area is 149 Å². The van der Waals surface area contributed by atoms with E-state index in [0.29, 0.717) is 22.5 Å². The topological polar surface area (TPSA) is 87.0 Å². The lowest BCUT2D eigenvalue weighted by Crippen LogP contribution is -2.07. The van der Waals surface area contributed by atoms with Crippen molar-refractivity contribution in [2.45, 2.75) is 6.61 Å². The molecule has 0 aliphatic carbocycles. The molecule has 3 aromatic rings. The van der Waals surface area contributed by atoms with Crippen molar-refractivity contribution < 1.29 is 26.5 Å². The highest BCUT2D eigenvalue weighted by Crippen LogP contribution is 2.26. The Balaban J connectivity index is 2.11. The summed E-state index contributed by atoms with van der Waals surface area (Å²) < 4.78 is 46.6. The number of nitrogens with zero attached hydrogens (tertiary/aromatic N) is 2. The Morgan fingerprint density at radius 2 is 1.92 bits per heavy atom. The third-order valence-electron chi connectivity index (χ3n) is 3.63. The number of rotatable bonds is 5. The van der Waals surface area contributed by atoms with Gasteiger partial charge in [0.2, 0.25) is 0 Å². The van der Waals surface area contributed by atoms with Crippen LogP contribution >= 0.6 is 0 Å². The van der Waals surface area contributed by atoms with E-state index in [2.05, 4.69) is 4.98 Å². The van der Waals surface area contributed by atoms with Gasteiger partial charge < -0.3 is 4.74 Å². The Kier molecular flexibility index (Phi) is 4.75. The van der Waals surface area contributed by atoms with Crippen molar-refractivity contribution in [2.24, 2.45) is 0 Å². The summed E-state index contributed by atoms with van der Waals surface area (Å²) in [5.74, 6) is -1.01. The van der Waals surface area contributed by atoms with Crippen molar-refractivity contribution in [3.63, 3.8) is 0 Å². The molecule has 0 N–H and O–H groups in total. The number of esters is 1. The first-order chi connectivity index (χ1) is 12.3. The van der Waals surface area contributed by atoms with Crippen LogP contribution in [0.25, 0.3) is 16.9 Å². The number of carbonyl (C=O) groups excluding carboxylic acids is 1. The molecule has 7 nitrogen and oxygen atoms in total. The second-order valence-electron chi connectivity index (χ2n) is 5.54. The molecule has 2 aromatic heterocycles. The molecule has 1 aromatic carbocycles. The van der Waals surface area contributed by atoms with E-state index in [1.54, 1.807) is 18.3 Å². The molecule has 3 rings (SSSR count). The molecular weight excluding hydrogens is 363 g/mol. The van der Waals surface area contributed by atoms with E-state index in [9.17, 15) is 17.6 Å².